The standard InChI is InChI=1S/C17H15N3O2/c1-9-4-5-10(8-18-9)15-19-13-6-11-12(7-14(13)22-15)20-16(21)17(11,2)3/h4-8H,1-3H3,(H,20,21). The fourth-order valence-electron chi connectivity index (χ4n) is 2.71. The topological polar surface area (TPSA) is 68.0 Å². The van der Waals surface area contributed by atoms with Crippen LogP contribution in [0.25, 0.3) is 22.6 Å². The van der Waals surface area contributed by atoms with E-state index in [0.717, 1.165) is 28.0 Å². The molecular weight excluding hydrogens is 278 g/mol. The Bertz CT molecular complexity index is 908. The fraction of sp³-hybridized carbons (Fsp3) is 0.235. The van der Waals surface area contributed by atoms with Gasteiger partial charge in [0.25, 0.3) is 0 Å². The van der Waals surface area contributed by atoms with E-state index in [1.165, 1.54) is 0 Å². The van der Waals surface area contributed by atoms with Crippen molar-refractivity contribution in [2.45, 2.75) is 26.2 Å². The Morgan fingerprint density at radius 3 is 2.77 bits per heavy atom. The summed E-state index contributed by atoms with van der Waals surface area (Å²) in [6, 6.07) is 7.63. The quantitative estimate of drug-likeness (QED) is 0.746. The first kappa shape index (κ1) is 13.0. The van der Waals surface area contributed by atoms with Crippen molar-refractivity contribution >= 4 is 22.7 Å². The van der Waals surface area contributed by atoms with E-state index in [1.54, 1.807) is 6.20 Å². The van der Waals surface area contributed by atoms with Crippen molar-refractivity contribution in [1.29, 1.82) is 0 Å². The van der Waals surface area contributed by atoms with Crippen molar-refractivity contribution < 1.29 is 9.21 Å². The normalized spacial score (nSPS) is 15.9. The Balaban J connectivity index is 1.87. The summed E-state index contributed by atoms with van der Waals surface area (Å²) < 4.78 is 5.82. The van der Waals surface area contributed by atoms with Gasteiger partial charge in [-0.3, -0.25) is 9.78 Å². The molecule has 2 aromatic heterocycles. The first-order valence-electron chi connectivity index (χ1n) is 7.15. The van der Waals surface area contributed by atoms with Crippen molar-refractivity contribution in [3.8, 4) is 11.5 Å². The summed E-state index contributed by atoms with van der Waals surface area (Å²) in [6.45, 7) is 5.75. The van der Waals surface area contributed by atoms with Gasteiger partial charge >= 0.3 is 0 Å². The number of carbonyl (C=O) groups excluding carboxylic acids is 1. The van der Waals surface area contributed by atoms with E-state index in [2.05, 4.69) is 15.3 Å². The van der Waals surface area contributed by atoms with Crippen LogP contribution >= 0.6 is 0 Å². The van der Waals surface area contributed by atoms with Crippen LogP contribution in [-0.4, -0.2) is 15.9 Å². The minimum Gasteiger partial charge on any atom is -0.436 e. The molecule has 0 aliphatic carbocycles. The molecule has 0 saturated carbocycles. The molecule has 0 bridgehead atoms. The van der Waals surface area contributed by atoms with E-state index in [-0.39, 0.29) is 5.91 Å². The van der Waals surface area contributed by atoms with E-state index < -0.39 is 5.41 Å². The number of pyridine rings is 1. The number of rotatable bonds is 1. The summed E-state index contributed by atoms with van der Waals surface area (Å²) in [6.07, 6.45) is 1.75. The van der Waals surface area contributed by atoms with E-state index in [1.807, 2.05) is 45.0 Å². The number of nitrogens with zero attached hydrogens (tertiary/aromatic N) is 2. The molecule has 22 heavy (non-hydrogen) atoms. The third kappa shape index (κ3) is 1.75. The zero-order valence-electron chi connectivity index (χ0n) is 12.6. The van der Waals surface area contributed by atoms with Crippen molar-refractivity contribution in [3.05, 3.63) is 41.7 Å². The zero-order valence-corrected chi connectivity index (χ0v) is 12.6. The largest absolute Gasteiger partial charge is 0.436 e. The number of aryl methyl sites for hydroxylation is 1. The van der Waals surface area contributed by atoms with Gasteiger partial charge in [0.2, 0.25) is 11.8 Å². The predicted molar refractivity (Wildman–Crippen MR) is 83.6 cm³/mol. The van der Waals surface area contributed by atoms with Gasteiger partial charge in [0.1, 0.15) is 5.52 Å². The number of hydrogen-bond donors (Lipinski definition) is 1. The molecule has 3 heterocycles. The summed E-state index contributed by atoms with van der Waals surface area (Å²) in [7, 11) is 0. The Hall–Kier alpha value is -2.69. The molecule has 0 fully saturated rings. The van der Waals surface area contributed by atoms with Crippen LogP contribution in [0.3, 0.4) is 0 Å². The highest BCUT2D eigenvalue weighted by molar-refractivity contribution is 6.07. The highest BCUT2D eigenvalue weighted by Crippen LogP contribution is 2.40. The van der Waals surface area contributed by atoms with Crippen LogP contribution < -0.4 is 5.32 Å². The van der Waals surface area contributed by atoms with Gasteiger partial charge in [-0.15, -0.1) is 0 Å². The lowest BCUT2D eigenvalue weighted by atomic mass is 9.86. The van der Waals surface area contributed by atoms with Gasteiger partial charge in [-0.25, -0.2) is 4.98 Å². The fourth-order valence-corrected chi connectivity index (χ4v) is 2.71. The molecule has 3 aromatic rings. The lowest BCUT2D eigenvalue weighted by Gasteiger charge is -2.14. The van der Waals surface area contributed by atoms with Crippen molar-refractivity contribution in [2.24, 2.45) is 0 Å². The van der Waals surface area contributed by atoms with Gasteiger partial charge in [-0.05, 0) is 44.5 Å². The molecule has 4 rings (SSSR count). The molecule has 1 N–H and O–H groups in total. The van der Waals surface area contributed by atoms with Crippen LogP contribution in [0, 0.1) is 6.92 Å². The van der Waals surface area contributed by atoms with Crippen LogP contribution in [0.15, 0.2) is 34.9 Å². The lowest BCUT2D eigenvalue weighted by Crippen LogP contribution is -2.26. The molecular formula is C17H15N3O2. The third-order valence-corrected chi connectivity index (χ3v) is 4.18. The van der Waals surface area contributed by atoms with E-state index >= 15 is 0 Å². The molecule has 110 valence electrons. The van der Waals surface area contributed by atoms with Gasteiger partial charge in [0, 0.05) is 23.6 Å². The Morgan fingerprint density at radius 1 is 1.23 bits per heavy atom. The number of amides is 1. The molecule has 1 aliphatic heterocycles. The summed E-state index contributed by atoms with van der Waals surface area (Å²) in [4.78, 5) is 20.8. The summed E-state index contributed by atoms with van der Waals surface area (Å²) >= 11 is 0. The molecule has 5 heteroatoms. The SMILES string of the molecule is Cc1ccc(-c2nc3cc4c(cc3o2)NC(=O)C4(C)C)cn1. The number of benzene rings is 1. The van der Waals surface area contributed by atoms with Crippen molar-refractivity contribution in [2.75, 3.05) is 5.32 Å². The second-order valence-electron chi connectivity index (χ2n) is 6.15. The van der Waals surface area contributed by atoms with Crippen LogP contribution in [0.2, 0.25) is 0 Å². The summed E-state index contributed by atoms with van der Waals surface area (Å²) in [5.74, 6) is 0.536. The number of oxazole rings is 1. The van der Waals surface area contributed by atoms with Gasteiger partial charge in [-0.1, -0.05) is 0 Å². The van der Waals surface area contributed by atoms with Gasteiger partial charge in [0.15, 0.2) is 5.58 Å². The molecule has 0 radical (unpaired) electrons. The van der Waals surface area contributed by atoms with E-state index in [4.69, 9.17) is 4.42 Å². The number of carbonyl (C=O) groups is 1. The number of hydrogen-bond acceptors (Lipinski definition) is 4. The molecule has 0 saturated heterocycles. The average Bonchev–Trinajstić information content (AvgIpc) is 2.98. The maximum absolute atomic E-state index is 12.0. The summed E-state index contributed by atoms with van der Waals surface area (Å²) in [5.41, 5.74) is 4.40. The van der Waals surface area contributed by atoms with Crippen molar-refractivity contribution in [3.63, 3.8) is 0 Å². The van der Waals surface area contributed by atoms with Crippen LogP contribution in [-0.2, 0) is 10.2 Å². The van der Waals surface area contributed by atoms with E-state index in [9.17, 15) is 4.79 Å². The van der Waals surface area contributed by atoms with Gasteiger partial charge < -0.3 is 9.73 Å². The second kappa shape index (κ2) is 4.16. The maximum Gasteiger partial charge on any atom is 0.234 e. The minimum atomic E-state index is -0.548. The predicted octanol–water partition coefficient (Wildman–Crippen LogP) is 3.43. The first-order chi connectivity index (χ1) is 10.4. The molecule has 0 atom stereocenters. The average molecular weight is 293 g/mol. The first-order valence-corrected chi connectivity index (χ1v) is 7.15. The van der Waals surface area contributed by atoms with Gasteiger partial charge in [-0.2, -0.15) is 0 Å². The lowest BCUT2D eigenvalue weighted by molar-refractivity contribution is -0.119. The van der Waals surface area contributed by atoms with Crippen LogP contribution in [0.1, 0.15) is 25.1 Å². The number of anilines is 1. The number of aromatic nitrogens is 2. The third-order valence-electron chi connectivity index (χ3n) is 4.18. The second-order valence-corrected chi connectivity index (χ2v) is 6.15. The van der Waals surface area contributed by atoms with Crippen LogP contribution in [0.5, 0.6) is 0 Å². The molecule has 5 nitrogen and oxygen atoms in total. The minimum absolute atomic E-state index is 0.00175. The Morgan fingerprint density at radius 2 is 2.05 bits per heavy atom. The zero-order chi connectivity index (χ0) is 15.5. The highest BCUT2D eigenvalue weighted by Gasteiger charge is 2.39. The molecule has 1 aromatic carbocycles. The summed E-state index contributed by atoms with van der Waals surface area (Å²) in [5, 5.41) is 2.90. The highest BCUT2D eigenvalue weighted by atomic mass is 16.3. The number of nitrogens with one attached hydrogen (secondary N) is 1. The van der Waals surface area contributed by atoms with Crippen molar-refractivity contribution in [1.82, 2.24) is 9.97 Å². The Kier molecular flexibility index (Phi) is 2.46. The maximum atomic E-state index is 12.0. The van der Waals surface area contributed by atoms with Gasteiger partial charge in [0.05, 0.1) is 11.0 Å². The monoisotopic (exact) mass is 293 g/mol. The molecule has 0 spiro atoms. The smallest absolute Gasteiger partial charge is 0.234 e. The molecule has 1 aliphatic rings. The number of fused-ring (bicyclic) bond motifs is 2. The molecule has 1 amide bonds. The molecule has 0 unspecified atom stereocenters. The van der Waals surface area contributed by atoms with Crippen LogP contribution in [0.4, 0.5) is 5.69 Å². The Labute approximate surface area is 127 Å². The van der Waals surface area contributed by atoms with E-state index in [0.29, 0.717) is 11.5 Å².